The van der Waals surface area contributed by atoms with Crippen LogP contribution in [0.5, 0.6) is 0 Å². The smallest absolute Gasteiger partial charge is 0.416 e. The molecular weight excluding hydrogens is 408 g/mol. The van der Waals surface area contributed by atoms with Gasteiger partial charge in [-0.2, -0.15) is 13.2 Å². The van der Waals surface area contributed by atoms with Crippen molar-refractivity contribution in [3.8, 4) is 0 Å². The highest BCUT2D eigenvalue weighted by molar-refractivity contribution is 5.87. The van der Waals surface area contributed by atoms with Crippen LogP contribution < -0.4 is 10.9 Å². The van der Waals surface area contributed by atoms with Gasteiger partial charge >= 0.3 is 12.1 Å². The number of halogens is 4. The number of hydrogen-bond donors (Lipinski definition) is 2. The third-order valence-electron chi connectivity index (χ3n) is 4.68. The molecule has 0 fully saturated rings. The molecule has 0 saturated heterocycles. The average molecular weight is 424 g/mol. The van der Waals surface area contributed by atoms with Crippen LogP contribution in [0.3, 0.4) is 0 Å². The highest BCUT2D eigenvalue weighted by Crippen LogP contribution is 2.37. The van der Waals surface area contributed by atoms with Gasteiger partial charge in [-0.15, -0.1) is 0 Å². The normalized spacial score (nSPS) is 12.8. The third kappa shape index (κ3) is 3.82. The average Bonchev–Trinajstić information content (AvgIpc) is 2.66. The molecule has 0 aliphatic rings. The van der Waals surface area contributed by atoms with E-state index in [1.54, 1.807) is 0 Å². The second-order valence-electron chi connectivity index (χ2n) is 6.70. The molecule has 158 valence electrons. The Hall–Kier alpha value is -3.50. The van der Waals surface area contributed by atoms with Gasteiger partial charge in [0, 0.05) is 13.2 Å². The number of aryl methyl sites for hydroxylation is 1. The number of rotatable bonds is 4. The molecule has 1 atom stereocenters. The van der Waals surface area contributed by atoms with E-state index >= 15 is 0 Å². The molecule has 3 aromatic rings. The molecule has 30 heavy (non-hydrogen) atoms. The van der Waals surface area contributed by atoms with Crippen molar-refractivity contribution in [2.45, 2.75) is 26.1 Å². The molecule has 0 saturated carbocycles. The molecule has 0 spiro atoms. The molecule has 0 amide bonds. The van der Waals surface area contributed by atoms with Gasteiger partial charge in [-0.3, -0.25) is 9.36 Å². The summed E-state index contributed by atoms with van der Waals surface area (Å²) in [7, 11) is 1.45. The lowest BCUT2D eigenvalue weighted by Gasteiger charge is -2.21. The first-order valence-corrected chi connectivity index (χ1v) is 8.64. The van der Waals surface area contributed by atoms with Gasteiger partial charge in [0.2, 0.25) is 0 Å². The van der Waals surface area contributed by atoms with Crippen LogP contribution in [-0.2, 0) is 13.2 Å². The van der Waals surface area contributed by atoms with Gasteiger partial charge in [-0.1, -0.05) is 0 Å². The van der Waals surface area contributed by atoms with Gasteiger partial charge < -0.3 is 10.4 Å². The minimum absolute atomic E-state index is 0.0191. The number of aromatic nitrogens is 3. The fourth-order valence-corrected chi connectivity index (χ4v) is 2.99. The van der Waals surface area contributed by atoms with Crippen molar-refractivity contribution in [1.82, 2.24) is 14.5 Å². The molecule has 2 heterocycles. The Labute approximate surface area is 167 Å². The zero-order valence-corrected chi connectivity index (χ0v) is 16.0. The summed E-state index contributed by atoms with van der Waals surface area (Å²) in [6.07, 6.45) is -3.87. The molecule has 11 heteroatoms. The monoisotopic (exact) mass is 424 g/mol. The molecule has 3 rings (SSSR count). The second-order valence-corrected chi connectivity index (χ2v) is 6.70. The van der Waals surface area contributed by atoms with Crippen LogP contribution in [0.25, 0.3) is 10.9 Å². The minimum Gasteiger partial charge on any atom is -0.478 e. The number of anilines is 1. The molecular formula is C19H16F4N4O3. The first kappa shape index (κ1) is 21.2. The Morgan fingerprint density at radius 2 is 1.93 bits per heavy atom. The highest BCUT2D eigenvalue weighted by Gasteiger charge is 2.35. The van der Waals surface area contributed by atoms with E-state index in [-0.39, 0.29) is 22.3 Å². The van der Waals surface area contributed by atoms with E-state index in [1.165, 1.54) is 25.5 Å². The van der Waals surface area contributed by atoms with Crippen molar-refractivity contribution in [3.63, 3.8) is 0 Å². The van der Waals surface area contributed by atoms with Gasteiger partial charge in [-0.05, 0) is 37.6 Å². The number of hydrogen-bond acceptors (Lipinski definition) is 5. The Morgan fingerprint density at radius 3 is 2.50 bits per heavy atom. The van der Waals surface area contributed by atoms with Crippen molar-refractivity contribution in [3.05, 3.63) is 63.1 Å². The number of benzene rings is 1. The molecule has 0 aliphatic carbocycles. The summed E-state index contributed by atoms with van der Waals surface area (Å²) in [6.45, 7) is 2.84. The summed E-state index contributed by atoms with van der Waals surface area (Å²) in [6, 6.07) is 1.45. The zero-order chi connectivity index (χ0) is 22.4. The van der Waals surface area contributed by atoms with Gasteiger partial charge in [0.1, 0.15) is 5.82 Å². The molecule has 0 bridgehead atoms. The predicted octanol–water partition coefficient (Wildman–Crippen LogP) is 3.67. The number of nitrogens with zero attached hydrogens (tertiary/aromatic N) is 3. The molecule has 0 radical (unpaired) electrons. The zero-order valence-electron chi connectivity index (χ0n) is 16.0. The first-order valence-electron chi connectivity index (χ1n) is 8.64. The van der Waals surface area contributed by atoms with Gasteiger partial charge in [0.15, 0.2) is 11.6 Å². The first-order chi connectivity index (χ1) is 13.9. The molecule has 2 aromatic heterocycles. The molecule has 2 N–H and O–H groups in total. The second kappa shape index (κ2) is 7.39. The van der Waals surface area contributed by atoms with Gasteiger partial charge in [0.25, 0.3) is 5.56 Å². The van der Waals surface area contributed by atoms with E-state index < -0.39 is 46.5 Å². The van der Waals surface area contributed by atoms with Crippen molar-refractivity contribution < 1.29 is 27.5 Å². The maximum atomic E-state index is 14.2. The molecule has 0 unspecified atom stereocenters. The summed E-state index contributed by atoms with van der Waals surface area (Å²) >= 11 is 0. The van der Waals surface area contributed by atoms with E-state index in [0.717, 1.165) is 18.3 Å². The predicted molar refractivity (Wildman–Crippen MR) is 99.9 cm³/mol. The van der Waals surface area contributed by atoms with Crippen molar-refractivity contribution in [1.29, 1.82) is 0 Å². The number of fused-ring (bicyclic) bond motifs is 1. The Bertz CT molecular complexity index is 1220. The van der Waals surface area contributed by atoms with Crippen LogP contribution in [0.4, 0.5) is 23.4 Å². The largest absolute Gasteiger partial charge is 0.478 e. The minimum atomic E-state index is -4.75. The molecule has 0 aliphatic heterocycles. The number of aromatic carboxylic acids is 1. The number of nitrogens with one attached hydrogen (secondary N) is 1. The van der Waals surface area contributed by atoms with E-state index in [2.05, 4.69) is 15.3 Å². The van der Waals surface area contributed by atoms with Crippen LogP contribution in [0.15, 0.2) is 29.2 Å². The number of carbonyl (C=O) groups is 1. The molecule has 7 nitrogen and oxygen atoms in total. The van der Waals surface area contributed by atoms with Gasteiger partial charge in [-0.25, -0.2) is 19.2 Å². The van der Waals surface area contributed by atoms with Crippen LogP contribution in [0.1, 0.15) is 40.3 Å². The highest BCUT2D eigenvalue weighted by atomic mass is 19.4. The van der Waals surface area contributed by atoms with E-state index in [9.17, 15) is 27.2 Å². The SMILES string of the molecule is Cc1nc2cc(C(F)(F)F)c([C@H](C)Nc3ncc(C(=O)O)cc3F)cc2c(=O)n1C. The Kier molecular flexibility index (Phi) is 5.23. The summed E-state index contributed by atoms with van der Waals surface area (Å²) in [5, 5.41) is 11.4. The number of alkyl halides is 3. The lowest BCUT2D eigenvalue weighted by atomic mass is 9.98. The summed E-state index contributed by atoms with van der Waals surface area (Å²) in [5.74, 6) is -2.60. The number of carboxylic acid groups (broad SMARTS) is 1. The van der Waals surface area contributed by atoms with Crippen LogP contribution in [-0.4, -0.2) is 25.6 Å². The molecule has 1 aromatic carbocycles. The maximum absolute atomic E-state index is 14.2. The van der Waals surface area contributed by atoms with Crippen LogP contribution >= 0.6 is 0 Å². The Balaban J connectivity index is 2.13. The topological polar surface area (TPSA) is 97.1 Å². The number of pyridine rings is 1. The van der Waals surface area contributed by atoms with Crippen molar-refractivity contribution in [2.24, 2.45) is 7.05 Å². The summed E-state index contributed by atoms with van der Waals surface area (Å²) in [5.41, 5.74) is -2.36. The Morgan fingerprint density at radius 1 is 1.27 bits per heavy atom. The van der Waals surface area contributed by atoms with Crippen LogP contribution in [0, 0.1) is 12.7 Å². The van der Waals surface area contributed by atoms with E-state index in [4.69, 9.17) is 5.11 Å². The number of carboxylic acids is 1. The summed E-state index contributed by atoms with van der Waals surface area (Å²) in [4.78, 5) is 31.1. The van der Waals surface area contributed by atoms with E-state index in [0.29, 0.717) is 6.07 Å². The standard InChI is InChI=1S/C19H16F4N4O3/c1-8(25-16-14(20)4-10(7-24-16)18(29)30)11-5-12-15(6-13(11)19(21,22)23)26-9(2)27(3)17(12)28/h4-8H,1-3H3,(H,24,25)(H,29,30)/t8-/m0/s1. The fraction of sp³-hybridized carbons (Fsp3) is 0.263. The van der Waals surface area contributed by atoms with Gasteiger partial charge in [0.05, 0.1) is 28.1 Å². The third-order valence-corrected chi connectivity index (χ3v) is 4.68. The maximum Gasteiger partial charge on any atom is 0.416 e. The van der Waals surface area contributed by atoms with Crippen molar-refractivity contribution >= 4 is 22.7 Å². The summed E-state index contributed by atoms with van der Waals surface area (Å²) < 4.78 is 56.4. The fourth-order valence-electron chi connectivity index (χ4n) is 2.99. The van der Waals surface area contributed by atoms with Crippen LogP contribution in [0.2, 0.25) is 0 Å². The quantitative estimate of drug-likeness (QED) is 0.621. The van der Waals surface area contributed by atoms with Crippen molar-refractivity contribution in [2.75, 3.05) is 5.32 Å². The lowest BCUT2D eigenvalue weighted by Crippen LogP contribution is -2.23. The van der Waals surface area contributed by atoms with E-state index in [1.807, 2.05) is 0 Å². The lowest BCUT2D eigenvalue weighted by molar-refractivity contribution is -0.138.